The standard InChI is InChI=1S/C46H26O3/c1-2-11-27(12-3-1)41-25-29-24-37-43(26-42(29)49-41)48-40-20-10-18-35(46(37)40)45-33-16-6-4-14-31(33)44(32-15-5-7-17-34(32)45)28-21-22-39-36(23-28)30-13-8-9-19-38(30)47-39/h1-26H. The third-order valence-corrected chi connectivity index (χ3v) is 10.1. The highest BCUT2D eigenvalue weighted by atomic mass is 16.3. The lowest BCUT2D eigenvalue weighted by atomic mass is 9.84. The lowest BCUT2D eigenvalue weighted by molar-refractivity contribution is 0.628. The van der Waals surface area contributed by atoms with Crippen LogP contribution in [0.1, 0.15) is 0 Å². The molecule has 0 saturated carbocycles. The molecule has 0 N–H and O–H groups in total. The van der Waals surface area contributed by atoms with Gasteiger partial charge >= 0.3 is 0 Å². The van der Waals surface area contributed by atoms with Crippen molar-refractivity contribution in [3.05, 3.63) is 158 Å². The highest BCUT2D eigenvalue weighted by Crippen LogP contribution is 2.48. The van der Waals surface area contributed by atoms with Crippen molar-refractivity contribution in [2.24, 2.45) is 0 Å². The number of hydrogen-bond acceptors (Lipinski definition) is 3. The Hall–Kier alpha value is -6.58. The minimum absolute atomic E-state index is 0.814. The Labute approximate surface area is 280 Å². The van der Waals surface area contributed by atoms with Gasteiger partial charge in [0.05, 0.1) is 0 Å². The van der Waals surface area contributed by atoms with Crippen LogP contribution in [-0.2, 0) is 0 Å². The van der Waals surface area contributed by atoms with E-state index in [2.05, 4.69) is 121 Å². The first kappa shape index (κ1) is 26.5. The Bertz CT molecular complexity index is 3040. The van der Waals surface area contributed by atoms with Crippen LogP contribution >= 0.6 is 0 Å². The smallest absolute Gasteiger partial charge is 0.139 e. The summed E-state index contributed by atoms with van der Waals surface area (Å²) in [6, 6.07) is 55.5. The highest BCUT2D eigenvalue weighted by molar-refractivity contribution is 6.26. The number of benzene rings is 8. The molecule has 0 amide bonds. The Morgan fingerprint density at radius 1 is 0.306 bits per heavy atom. The molecule has 0 bridgehead atoms. The van der Waals surface area contributed by atoms with Crippen LogP contribution in [0.3, 0.4) is 0 Å². The quantitative estimate of drug-likeness (QED) is 0.183. The molecular weight excluding hydrogens is 601 g/mol. The molecule has 3 heteroatoms. The summed E-state index contributed by atoms with van der Waals surface area (Å²) in [6.07, 6.45) is 0. The number of furan rings is 3. The van der Waals surface area contributed by atoms with Gasteiger partial charge in [0.2, 0.25) is 0 Å². The summed E-state index contributed by atoms with van der Waals surface area (Å²) in [5.41, 5.74) is 10.1. The largest absolute Gasteiger partial charge is 0.456 e. The molecule has 0 saturated heterocycles. The van der Waals surface area contributed by atoms with Gasteiger partial charge in [-0.1, -0.05) is 115 Å². The van der Waals surface area contributed by atoms with Crippen molar-refractivity contribution < 1.29 is 13.3 Å². The Kier molecular flexibility index (Phi) is 5.38. The first-order chi connectivity index (χ1) is 24.3. The molecule has 0 aliphatic heterocycles. The summed E-state index contributed by atoms with van der Waals surface area (Å²) in [6.45, 7) is 0. The molecule has 3 heterocycles. The van der Waals surface area contributed by atoms with Crippen molar-refractivity contribution in [3.63, 3.8) is 0 Å². The van der Waals surface area contributed by atoms with E-state index in [1.54, 1.807) is 0 Å². The number of fused-ring (bicyclic) bond motifs is 9. The third kappa shape index (κ3) is 3.84. The van der Waals surface area contributed by atoms with E-state index in [1.165, 1.54) is 38.2 Å². The molecule has 11 aromatic rings. The average Bonchev–Trinajstić information content (AvgIpc) is 3.85. The maximum atomic E-state index is 6.55. The van der Waals surface area contributed by atoms with Crippen molar-refractivity contribution in [1.29, 1.82) is 0 Å². The fourth-order valence-corrected chi connectivity index (χ4v) is 7.92. The van der Waals surface area contributed by atoms with Gasteiger partial charge in [0, 0.05) is 38.6 Å². The first-order valence-electron chi connectivity index (χ1n) is 16.6. The van der Waals surface area contributed by atoms with Gasteiger partial charge in [0.1, 0.15) is 33.7 Å². The minimum Gasteiger partial charge on any atom is -0.456 e. The van der Waals surface area contributed by atoms with Gasteiger partial charge in [-0.3, -0.25) is 0 Å². The Morgan fingerprint density at radius 2 is 0.939 bits per heavy atom. The molecule has 0 radical (unpaired) electrons. The summed E-state index contributed by atoms with van der Waals surface area (Å²) < 4.78 is 19.1. The van der Waals surface area contributed by atoms with Crippen molar-refractivity contribution in [3.8, 4) is 33.6 Å². The Morgan fingerprint density at radius 3 is 1.71 bits per heavy atom. The first-order valence-corrected chi connectivity index (χ1v) is 16.6. The molecule has 228 valence electrons. The van der Waals surface area contributed by atoms with E-state index < -0.39 is 0 Å². The molecule has 0 aliphatic rings. The normalized spacial score (nSPS) is 12.1. The predicted octanol–water partition coefficient (Wildman–Crippen LogP) is 13.5. The molecule has 0 fully saturated rings. The molecule has 0 spiro atoms. The van der Waals surface area contributed by atoms with Gasteiger partial charge in [-0.15, -0.1) is 0 Å². The maximum Gasteiger partial charge on any atom is 0.139 e. The third-order valence-electron chi connectivity index (χ3n) is 10.1. The van der Waals surface area contributed by atoms with Crippen molar-refractivity contribution in [1.82, 2.24) is 0 Å². The van der Waals surface area contributed by atoms with Crippen molar-refractivity contribution in [2.75, 3.05) is 0 Å². The number of para-hydroxylation sites is 1. The lowest BCUT2D eigenvalue weighted by Gasteiger charge is -2.18. The van der Waals surface area contributed by atoms with Crippen molar-refractivity contribution in [2.45, 2.75) is 0 Å². The average molecular weight is 627 g/mol. The fraction of sp³-hybridized carbons (Fsp3) is 0. The fourth-order valence-electron chi connectivity index (χ4n) is 7.92. The monoisotopic (exact) mass is 626 g/mol. The number of rotatable bonds is 3. The zero-order valence-corrected chi connectivity index (χ0v) is 26.2. The molecular formula is C46H26O3. The van der Waals surface area contributed by atoms with E-state index in [9.17, 15) is 0 Å². The highest BCUT2D eigenvalue weighted by Gasteiger charge is 2.21. The van der Waals surface area contributed by atoms with Crippen LogP contribution in [0.25, 0.3) is 110 Å². The molecule has 3 nitrogen and oxygen atoms in total. The summed E-state index contributed by atoms with van der Waals surface area (Å²) >= 11 is 0. The molecule has 0 atom stereocenters. The van der Waals surface area contributed by atoms with Crippen LogP contribution in [0.5, 0.6) is 0 Å². The van der Waals surface area contributed by atoms with Gasteiger partial charge in [0.15, 0.2) is 0 Å². The lowest BCUT2D eigenvalue weighted by Crippen LogP contribution is -1.91. The topological polar surface area (TPSA) is 39.4 Å². The zero-order chi connectivity index (χ0) is 32.1. The van der Waals surface area contributed by atoms with Crippen LogP contribution in [0.15, 0.2) is 171 Å². The van der Waals surface area contributed by atoms with Gasteiger partial charge in [-0.05, 0) is 80.2 Å². The molecule has 8 aromatic carbocycles. The van der Waals surface area contributed by atoms with Crippen LogP contribution < -0.4 is 0 Å². The molecule has 0 unspecified atom stereocenters. The van der Waals surface area contributed by atoms with E-state index in [0.717, 1.165) is 71.7 Å². The van der Waals surface area contributed by atoms with E-state index in [0.29, 0.717) is 0 Å². The number of hydrogen-bond donors (Lipinski definition) is 0. The van der Waals surface area contributed by atoms with E-state index in [4.69, 9.17) is 13.3 Å². The zero-order valence-electron chi connectivity index (χ0n) is 26.2. The van der Waals surface area contributed by atoms with Crippen LogP contribution in [-0.4, -0.2) is 0 Å². The SMILES string of the molecule is c1ccc(-c2cc3cc4c(cc3o2)oc2cccc(-c3c5ccccc5c(-c5ccc6oc7ccccc7c6c5)c5ccccc35)c24)cc1. The minimum atomic E-state index is 0.814. The van der Waals surface area contributed by atoms with Gasteiger partial charge in [-0.25, -0.2) is 0 Å². The molecule has 11 rings (SSSR count). The van der Waals surface area contributed by atoms with Crippen molar-refractivity contribution >= 4 is 76.4 Å². The summed E-state index contributed by atoms with van der Waals surface area (Å²) in [4.78, 5) is 0. The second-order valence-corrected chi connectivity index (χ2v) is 12.8. The Balaban J connectivity index is 1.20. The van der Waals surface area contributed by atoms with Gasteiger partial charge in [0.25, 0.3) is 0 Å². The van der Waals surface area contributed by atoms with Gasteiger partial charge < -0.3 is 13.3 Å². The van der Waals surface area contributed by atoms with E-state index >= 15 is 0 Å². The molecule has 49 heavy (non-hydrogen) atoms. The van der Waals surface area contributed by atoms with Crippen LogP contribution in [0.2, 0.25) is 0 Å². The predicted molar refractivity (Wildman–Crippen MR) is 202 cm³/mol. The second-order valence-electron chi connectivity index (χ2n) is 12.8. The molecule has 0 aliphatic carbocycles. The second kappa shape index (κ2) is 9.96. The van der Waals surface area contributed by atoms with Crippen LogP contribution in [0, 0.1) is 0 Å². The maximum absolute atomic E-state index is 6.55. The van der Waals surface area contributed by atoms with Crippen LogP contribution in [0.4, 0.5) is 0 Å². The molecule has 3 aromatic heterocycles. The summed E-state index contributed by atoms with van der Waals surface area (Å²) in [5, 5.41) is 10.3. The van der Waals surface area contributed by atoms with E-state index in [-0.39, 0.29) is 0 Å². The van der Waals surface area contributed by atoms with E-state index in [1.807, 2.05) is 36.4 Å². The summed E-state index contributed by atoms with van der Waals surface area (Å²) in [7, 11) is 0. The summed E-state index contributed by atoms with van der Waals surface area (Å²) in [5.74, 6) is 0.849. The van der Waals surface area contributed by atoms with Gasteiger partial charge in [-0.2, -0.15) is 0 Å².